The van der Waals surface area contributed by atoms with Crippen LogP contribution in [0.2, 0.25) is 0 Å². The molecule has 0 aliphatic carbocycles. The van der Waals surface area contributed by atoms with Gasteiger partial charge in [0.1, 0.15) is 5.56 Å². The molecule has 1 aromatic carbocycles. The molecule has 1 aromatic rings. The van der Waals surface area contributed by atoms with Gasteiger partial charge in [0.05, 0.1) is 26.9 Å². The third-order valence-corrected chi connectivity index (χ3v) is 1.76. The first-order valence-electron chi connectivity index (χ1n) is 3.81. The fraction of sp³-hybridized carbons (Fsp3) is 0.200. The van der Waals surface area contributed by atoms with Crippen LogP contribution in [0.25, 0.3) is 4.85 Å². The molecule has 1 rings (SSSR count). The molecular formula is C10H8N2O2. The van der Waals surface area contributed by atoms with Crippen molar-refractivity contribution < 1.29 is 9.47 Å². The highest BCUT2D eigenvalue weighted by atomic mass is 16.5. The van der Waals surface area contributed by atoms with Crippen molar-refractivity contribution in [2.75, 3.05) is 14.2 Å². The molecule has 0 amide bonds. The SMILES string of the molecule is [C-]#[N+]c1ccc(OC)c(OC)c1C#N. The van der Waals surface area contributed by atoms with Crippen LogP contribution in [0.3, 0.4) is 0 Å². The van der Waals surface area contributed by atoms with Crippen LogP contribution in [0.4, 0.5) is 5.69 Å². The largest absolute Gasteiger partial charge is 0.493 e. The van der Waals surface area contributed by atoms with Crippen LogP contribution in [0.5, 0.6) is 11.5 Å². The Kier molecular flexibility index (Phi) is 2.93. The maximum absolute atomic E-state index is 8.85. The number of hydrogen-bond donors (Lipinski definition) is 0. The standard InChI is InChI=1S/C10H8N2O2/c1-12-8-4-5-9(13-2)10(14-3)7(8)6-11/h4-5H,2-3H3. The van der Waals surface area contributed by atoms with Crippen molar-refractivity contribution in [1.29, 1.82) is 5.26 Å². The topological polar surface area (TPSA) is 46.6 Å². The molecule has 70 valence electrons. The second-order valence-corrected chi connectivity index (χ2v) is 2.42. The Bertz CT molecular complexity index is 427. The van der Waals surface area contributed by atoms with E-state index in [9.17, 15) is 0 Å². The molecule has 0 spiro atoms. The molecule has 0 N–H and O–H groups in total. The fourth-order valence-corrected chi connectivity index (χ4v) is 1.12. The van der Waals surface area contributed by atoms with Crippen LogP contribution in [0.1, 0.15) is 5.56 Å². The monoisotopic (exact) mass is 188 g/mol. The van der Waals surface area contributed by atoms with Gasteiger partial charge in [-0.05, 0) is 6.07 Å². The molecule has 0 unspecified atom stereocenters. The minimum absolute atomic E-state index is 0.210. The maximum atomic E-state index is 8.85. The Morgan fingerprint density at radius 2 is 2.07 bits per heavy atom. The Hall–Kier alpha value is -2.20. The summed E-state index contributed by atoms with van der Waals surface area (Å²) in [6, 6.07) is 5.06. The van der Waals surface area contributed by atoms with Gasteiger partial charge in [-0.15, -0.1) is 0 Å². The first-order chi connectivity index (χ1) is 6.78. The minimum Gasteiger partial charge on any atom is -0.493 e. The summed E-state index contributed by atoms with van der Waals surface area (Å²) in [5.41, 5.74) is 0.479. The Labute approximate surface area is 82.1 Å². The van der Waals surface area contributed by atoms with Crippen molar-refractivity contribution >= 4 is 5.69 Å². The molecule has 0 aromatic heterocycles. The summed E-state index contributed by atoms with van der Waals surface area (Å²) in [4.78, 5) is 3.22. The Morgan fingerprint density at radius 1 is 1.36 bits per heavy atom. The number of rotatable bonds is 2. The third-order valence-electron chi connectivity index (χ3n) is 1.76. The predicted molar refractivity (Wildman–Crippen MR) is 50.5 cm³/mol. The highest BCUT2D eigenvalue weighted by Crippen LogP contribution is 2.36. The van der Waals surface area contributed by atoms with Gasteiger partial charge in [-0.3, -0.25) is 0 Å². The summed E-state index contributed by atoms with van der Waals surface area (Å²) >= 11 is 0. The minimum atomic E-state index is 0.210. The van der Waals surface area contributed by atoms with Crippen LogP contribution in [0.15, 0.2) is 12.1 Å². The normalized spacial score (nSPS) is 8.57. The summed E-state index contributed by atoms with van der Waals surface area (Å²) in [6.45, 7) is 6.86. The van der Waals surface area contributed by atoms with Crippen molar-refractivity contribution in [1.82, 2.24) is 0 Å². The maximum Gasteiger partial charge on any atom is 0.208 e. The van der Waals surface area contributed by atoms with E-state index in [1.807, 2.05) is 6.07 Å². The Morgan fingerprint density at radius 3 is 2.50 bits per heavy atom. The molecule has 0 fully saturated rings. The van der Waals surface area contributed by atoms with E-state index < -0.39 is 0 Å². The van der Waals surface area contributed by atoms with Crippen molar-refractivity contribution in [3.8, 4) is 17.6 Å². The molecule has 0 aliphatic heterocycles. The molecule has 0 bridgehead atoms. The van der Waals surface area contributed by atoms with E-state index in [2.05, 4.69) is 4.85 Å². The lowest BCUT2D eigenvalue weighted by Crippen LogP contribution is -1.93. The molecule has 0 saturated carbocycles. The van der Waals surface area contributed by atoms with E-state index in [0.29, 0.717) is 11.5 Å². The highest BCUT2D eigenvalue weighted by Gasteiger charge is 2.13. The van der Waals surface area contributed by atoms with Gasteiger partial charge >= 0.3 is 0 Å². The van der Waals surface area contributed by atoms with Crippen molar-refractivity contribution in [3.63, 3.8) is 0 Å². The fourth-order valence-electron chi connectivity index (χ4n) is 1.12. The highest BCUT2D eigenvalue weighted by molar-refractivity contribution is 5.68. The molecule has 0 saturated heterocycles. The molecule has 0 atom stereocenters. The first kappa shape index (κ1) is 9.88. The van der Waals surface area contributed by atoms with Crippen molar-refractivity contribution in [2.24, 2.45) is 0 Å². The van der Waals surface area contributed by atoms with E-state index in [4.69, 9.17) is 21.3 Å². The lowest BCUT2D eigenvalue weighted by atomic mass is 10.1. The molecular weight excluding hydrogens is 180 g/mol. The number of nitriles is 1. The summed E-state index contributed by atoms with van der Waals surface area (Å²) in [5, 5.41) is 8.85. The Balaban J connectivity index is 3.48. The summed E-state index contributed by atoms with van der Waals surface area (Å²) in [7, 11) is 2.92. The molecule has 0 radical (unpaired) electrons. The lowest BCUT2D eigenvalue weighted by Gasteiger charge is -2.09. The van der Waals surface area contributed by atoms with Gasteiger partial charge in [0.15, 0.2) is 11.5 Å². The van der Waals surface area contributed by atoms with E-state index in [0.717, 1.165) is 0 Å². The van der Waals surface area contributed by atoms with E-state index in [1.54, 1.807) is 6.07 Å². The summed E-state index contributed by atoms with van der Waals surface area (Å²) < 4.78 is 10.0. The van der Waals surface area contributed by atoms with Gasteiger partial charge in [0.25, 0.3) is 0 Å². The van der Waals surface area contributed by atoms with Gasteiger partial charge in [-0.1, -0.05) is 6.07 Å². The zero-order valence-electron chi connectivity index (χ0n) is 7.87. The average molecular weight is 188 g/mol. The zero-order chi connectivity index (χ0) is 10.6. The van der Waals surface area contributed by atoms with Gasteiger partial charge in [0.2, 0.25) is 5.69 Å². The smallest absolute Gasteiger partial charge is 0.208 e. The summed E-state index contributed by atoms with van der Waals surface area (Å²) in [5.74, 6) is 0.764. The van der Waals surface area contributed by atoms with Gasteiger partial charge in [-0.2, -0.15) is 5.26 Å². The molecule has 0 heterocycles. The second kappa shape index (κ2) is 4.15. The third kappa shape index (κ3) is 1.46. The van der Waals surface area contributed by atoms with Crippen LogP contribution >= 0.6 is 0 Å². The number of methoxy groups -OCH3 is 2. The number of nitrogens with zero attached hydrogens (tertiary/aromatic N) is 2. The first-order valence-corrected chi connectivity index (χ1v) is 3.81. The van der Waals surface area contributed by atoms with E-state index in [-0.39, 0.29) is 11.3 Å². The van der Waals surface area contributed by atoms with Crippen molar-refractivity contribution in [3.05, 3.63) is 29.1 Å². The summed E-state index contributed by atoms with van der Waals surface area (Å²) in [6.07, 6.45) is 0. The van der Waals surface area contributed by atoms with Crippen LogP contribution in [0, 0.1) is 17.9 Å². The number of ether oxygens (including phenoxy) is 2. The molecule has 14 heavy (non-hydrogen) atoms. The second-order valence-electron chi connectivity index (χ2n) is 2.42. The van der Waals surface area contributed by atoms with E-state index >= 15 is 0 Å². The number of benzene rings is 1. The molecule has 4 nitrogen and oxygen atoms in total. The molecule has 4 heteroatoms. The number of hydrogen-bond acceptors (Lipinski definition) is 3. The average Bonchev–Trinajstić information content (AvgIpc) is 2.26. The van der Waals surface area contributed by atoms with Crippen molar-refractivity contribution in [2.45, 2.75) is 0 Å². The predicted octanol–water partition coefficient (Wildman–Crippen LogP) is 2.13. The van der Waals surface area contributed by atoms with Crippen LogP contribution in [-0.4, -0.2) is 14.2 Å². The van der Waals surface area contributed by atoms with E-state index in [1.165, 1.54) is 20.3 Å². The zero-order valence-corrected chi connectivity index (χ0v) is 7.87. The van der Waals surface area contributed by atoms with Crippen LogP contribution in [-0.2, 0) is 0 Å². The molecule has 0 aliphatic rings. The van der Waals surface area contributed by atoms with Gasteiger partial charge in [0, 0.05) is 0 Å². The van der Waals surface area contributed by atoms with Gasteiger partial charge < -0.3 is 9.47 Å². The van der Waals surface area contributed by atoms with Gasteiger partial charge in [-0.25, -0.2) is 4.85 Å². The lowest BCUT2D eigenvalue weighted by molar-refractivity contribution is 0.354. The quantitative estimate of drug-likeness (QED) is 0.668. The van der Waals surface area contributed by atoms with Crippen LogP contribution < -0.4 is 9.47 Å².